The zero-order valence-electron chi connectivity index (χ0n) is 9.77. The van der Waals surface area contributed by atoms with Gasteiger partial charge in [0, 0.05) is 34.0 Å². The van der Waals surface area contributed by atoms with Crippen LogP contribution in [-0.2, 0) is 0 Å². The van der Waals surface area contributed by atoms with Crippen molar-refractivity contribution < 1.29 is 4.39 Å². The number of nitrogens with one attached hydrogen (secondary N) is 1. The first-order valence-electron chi connectivity index (χ1n) is 5.65. The summed E-state index contributed by atoms with van der Waals surface area (Å²) < 4.78 is 14.0. The second-order valence-electron chi connectivity index (χ2n) is 4.02. The van der Waals surface area contributed by atoms with Gasteiger partial charge in [0.25, 0.3) is 0 Å². The van der Waals surface area contributed by atoms with E-state index in [0.717, 1.165) is 21.1 Å². The summed E-state index contributed by atoms with van der Waals surface area (Å²) in [6.45, 7) is 0. The van der Waals surface area contributed by atoms with Crippen LogP contribution in [0.4, 0.5) is 15.8 Å². The highest BCUT2D eigenvalue weighted by Gasteiger charge is 2.04. The van der Waals surface area contributed by atoms with Crippen LogP contribution in [0.2, 0.25) is 0 Å². The maximum absolute atomic E-state index is 13.1. The van der Waals surface area contributed by atoms with Crippen LogP contribution in [0.15, 0.2) is 53.3 Å². The Hall–Kier alpha value is -2.01. The molecule has 3 rings (SSSR count). The number of nitrogens with zero attached hydrogens (tertiary/aromatic N) is 2. The summed E-state index contributed by atoms with van der Waals surface area (Å²) in [6, 6.07) is 10.8. The highest BCUT2D eigenvalue weighted by atomic mass is 79.9. The highest BCUT2D eigenvalue weighted by Crippen LogP contribution is 2.26. The summed E-state index contributed by atoms with van der Waals surface area (Å²) in [5.41, 5.74) is 2.31. The van der Waals surface area contributed by atoms with E-state index in [9.17, 15) is 4.39 Å². The minimum absolute atomic E-state index is 0.513. The van der Waals surface area contributed by atoms with E-state index in [4.69, 9.17) is 0 Å². The van der Waals surface area contributed by atoms with Gasteiger partial charge in [0.05, 0.1) is 11.2 Å². The van der Waals surface area contributed by atoms with Gasteiger partial charge in [-0.15, -0.1) is 0 Å². The number of para-hydroxylation sites is 1. The van der Waals surface area contributed by atoms with Crippen LogP contribution in [-0.4, -0.2) is 9.97 Å². The van der Waals surface area contributed by atoms with Crippen LogP contribution in [0.5, 0.6) is 0 Å². The van der Waals surface area contributed by atoms with Crippen molar-refractivity contribution in [2.24, 2.45) is 0 Å². The first kappa shape index (κ1) is 12.0. The first-order valence-corrected chi connectivity index (χ1v) is 6.44. The Morgan fingerprint density at radius 1 is 1.11 bits per heavy atom. The van der Waals surface area contributed by atoms with Crippen molar-refractivity contribution >= 4 is 38.2 Å². The van der Waals surface area contributed by atoms with Crippen molar-refractivity contribution in [1.29, 1.82) is 0 Å². The van der Waals surface area contributed by atoms with Crippen molar-refractivity contribution in [2.45, 2.75) is 0 Å². The molecular formula is C14H9BrFN3. The molecule has 0 spiro atoms. The van der Waals surface area contributed by atoms with Crippen LogP contribution in [0.3, 0.4) is 0 Å². The molecule has 94 valence electrons. The quantitative estimate of drug-likeness (QED) is 0.717. The molecule has 0 saturated heterocycles. The van der Waals surface area contributed by atoms with Crippen LogP contribution in [0.25, 0.3) is 10.9 Å². The van der Waals surface area contributed by atoms with Crippen molar-refractivity contribution in [3.63, 3.8) is 0 Å². The van der Waals surface area contributed by atoms with E-state index in [1.165, 1.54) is 12.3 Å². The number of rotatable bonds is 2. The Labute approximate surface area is 117 Å². The zero-order valence-corrected chi connectivity index (χ0v) is 11.4. The maximum atomic E-state index is 13.1. The van der Waals surface area contributed by atoms with Gasteiger partial charge in [-0.1, -0.05) is 12.1 Å². The molecule has 0 saturated carbocycles. The minimum Gasteiger partial charge on any atom is -0.354 e. The number of benzene rings is 1. The standard InChI is InChI=1S/C14H9BrFN3/c15-10-6-9-2-1-3-12(14(9)18-8-10)19-11-4-5-17-13(16)7-11/h1-8H,(H,17,19). The third-order valence-corrected chi connectivity index (χ3v) is 3.12. The number of fused-ring (bicyclic) bond motifs is 1. The van der Waals surface area contributed by atoms with Crippen molar-refractivity contribution in [2.75, 3.05) is 5.32 Å². The van der Waals surface area contributed by atoms with Crippen molar-refractivity contribution in [3.05, 3.63) is 59.2 Å². The molecule has 0 aliphatic heterocycles. The Kier molecular flexibility index (Phi) is 3.13. The molecule has 2 heterocycles. The average Bonchev–Trinajstić information content (AvgIpc) is 2.38. The molecule has 0 bridgehead atoms. The van der Waals surface area contributed by atoms with E-state index >= 15 is 0 Å². The molecule has 1 N–H and O–H groups in total. The number of hydrogen-bond donors (Lipinski definition) is 1. The molecule has 2 aromatic heterocycles. The summed E-state index contributed by atoms with van der Waals surface area (Å²) >= 11 is 3.39. The topological polar surface area (TPSA) is 37.8 Å². The van der Waals surface area contributed by atoms with Crippen LogP contribution >= 0.6 is 15.9 Å². The highest BCUT2D eigenvalue weighted by molar-refractivity contribution is 9.10. The molecule has 0 amide bonds. The summed E-state index contributed by atoms with van der Waals surface area (Å²) in [4.78, 5) is 7.91. The Morgan fingerprint density at radius 2 is 2.00 bits per heavy atom. The van der Waals surface area contributed by atoms with E-state index in [2.05, 4.69) is 31.2 Å². The molecule has 3 nitrogen and oxygen atoms in total. The monoisotopic (exact) mass is 317 g/mol. The molecule has 0 fully saturated rings. The molecular weight excluding hydrogens is 309 g/mol. The summed E-state index contributed by atoms with van der Waals surface area (Å²) in [5.74, 6) is -0.513. The van der Waals surface area contributed by atoms with E-state index in [0.29, 0.717) is 5.69 Å². The minimum atomic E-state index is -0.513. The number of pyridine rings is 2. The number of anilines is 2. The fourth-order valence-electron chi connectivity index (χ4n) is 1.87. The molecule has 3 aromatic rings. The normalized spacial score (nSPS) is 10.6. The van der Waals surface area contributed by atoms with Gasteiger partial charge in [0.15, 0.2) is 0 Å². The average molecular weight is 318 g/mol. The lowest BCUT2D eigenvalue weighted by atomic mass is 10.2. The molecule has 0 radical (unpaired) electrons. The lowest BCUT2D eigenvalue weighted by molar-refractivity contribution is 0.584. The van der Waals surface area contributed by atoms with Gasteiger partial charge in [-0.25, -0.2) is 4.98 Å². The Bertz CT molecular complexity index is 746. The van der Waals surface area contributed by atoms with Gasteiger partial charge < -0.3 is 5.32 Å². The largest absolute Gasteiger partial charge is 0.354 e. The van der Waals surface area contributed by atoms with E-state index in [1.54, 1.807) is 12.3 Å². The molecule has 5 heteroatoms. The molecule has 19 heavy (non-hydrogen) atoms. The third-order valence-electron chi connectivity index (χ3n) is 2.68. The van der Waals surface area contributed by atoms with Gasteiger partial charge >= 0.3 is 0 Å². The van der Waals surface area contributed by atoms with Crippen LogP contribution < -0.4 is 5.32 Å². The third kappa shape index (κ3) is 2.56. The molecule has 0 unspecified atom stereocenters. The number of halogens is 2. The van der Waals surface area contributed by atoms with Gasteiger partial charge in [-0.2, -0.15) is 4.39 Å². The first-order chi connectivity index (χ1) is 9.22. The number of hydrogen-bond acceptors (Lipinski definition) is 3. The predicted molar refractivity (Wildman–Crippen MR) is 76.9 cm³/mol. The SMILES string of the molecule is Fc1cc(Nc2cccc3cc(Br)cnc23)ccn1. The molecule has 0 aliphatic carbocycles. The molecule has 1 aromatic carbocycles. The van der Waals surface area contributed by atoms with Crippen LogP contribution in [0, 0.1) is 5.95 Å². The fourth-order valence-corrected chi connectivity index (χ4v) is 2.22. The van der Waals surface area contributed by atoms with E-state index in [1.807, 2.05) is 24.3 Å². The summed E-state index contributed by atoms with van der Waals surface area (Å²) in [6.07, 6.45) is 3.16. The van der Waals surface area contributed by atoms with Crippen LogP contribution in [0.1, 0.15) is 0 Å². The summed E-state index contributed by atoms with van der Waals surface area (Å²) in [7, 11) is 0. The lowest BCUT2D eigenvalue weighted by Crippen LogP contribution is -1.94. The van der Waals surface area contributed by atoms with Gasteiger partial charge in [0.2, 0.25) is 5.95 Å². The Morgan fingerprint density at radius 3 is 2.84 bits per heavy atom. The van der Waals surface area contributed by atoms with E-state index in [-0.39, 0.29) is 0 Å². The second kappa shape index (κ2) is 4.93. The number of aromatic nitrogens is 2. The zero-order chi connectivity index (χ0) is 13.2. The van der Waals surface area contributed by atoms with Crippen molar-refractivity contribution in [3.8, 4) is 0 Å². The lowest BCUT2D eigenvalue weighted by Gasteiger charge is -2.09. The van der Waals surface area contributed by atoms with Gasteiger partial charge in [-0.05, 0) is 34.1 Å². The van der Waals surface area contributed by atoms with E-state index < -0.39 is 5.95 Å². The molecule has 0 aliphatic rings. The van der Waals surface area contributed by atoms with Gasteiger partial charge in [0.1, 0.15) is 0 Å². The Balaban J connectivity index is 2.06. The molecule has 0 atom stereocenters. The van der Waals surface area contributed by atoms with Crippen molar-refractivity contribution in [1.82, 2.24) is 9.97 Å². The maximum Gasteiger partial charge on any atom is 0.214 e. The smallest absolute Gasteiger partial charge is 0.214 e. The summed E-state index contributed by atoms with van der Waals surface area (Å²) in [5, 5.41) is 4.16. The van der Waals surface area contributed by atoms with Gasteiger partial charge in [-0.3, -0.25) is 4.98 Å². The fraction of sp³-hybridized carbons (Fsp3) is 0. The predicted octanol–water partition coefficient (Wildman–Crippen LogP) is 4.28. The second-order valence-corrected chi connectivity index (χ2v) is 4.94.